The van der Waals surface area contributed by atoms with Crippen LogP contribution in [0, 0.1) is 0 Å². The molecule has 0 saturated carbocycles. The number of alkyl halides is 3. The van der Waals surface area contributed by atoms with Gasteiger partial charge >= 0.3 is 6.18 Å². The quantitative estimate of drug-likeness (QED) is 0.606. The number of halogens is 3. The topological polar surface area (TPSA) is 95.2 Å². The molecular weight excluding hydrogens is 445 g/mol. The van der Waals surface area contributed by atoms with Gasteiger partial charge in [0.2, 0.25) is 10.0 Å². The molecule has 4 rings (SSSR count). The number of H-pyrrole nitrogens is 1. The summed E-state index contributed by atoms with van der Waals surface area (Å²) in [6.07, 6.45) is 1.39. The lowest BCUT2D eigenvalue weighted by molar-refractivity contribution is -0.123. The maximum absolute atomic E-state index is 13.0. The van der Waals surface area contributed by atoms with Crippen molar-refractivity contribution in [3.8, 4) is 0 Å². The molecule has 0 aliphatic carbocycles. The van der Waals surface area contributed by atoms with Crippen molar-refractivity contribution in [1.82, 2.24) is 19.6 Å². The van der Waals surface area contributed by atoms with Crippen LogP contribution in [0.3, 0.4) is 0 Å². The normalized spacial score (nSPS) is 15.5. The van der Waals surface area contributed by atoms with Crippen molar-refractivity contribution in [2.45, 2.75) is 17.5 Å². The Kier molecular flexibility index (Phi) is 5.78. The van der Waals surface area contributed by atoms with Crippen LogP contribution < -0.4 is 5.32 Å². The average molecular weight is 464 g/mol. The summed E-state index contributed by atoms with van der Waals surface area (Å²) in [7, 11) is -3.82. The van der Waals surface area contributed by atoms with Crippen LogP contribution in [0.2, 0.25) is 0 Å². The number of hydrogen-bond donors (Lipinski definition) is 2. The van der Waals surface area contributed by atoms with Crippen LogP contribution in [-0.4, -0.2) is 54.4 Å². The second-order valence-electron chi connectivity index (χ2n) is 7.27. The highest BCUT2D eigenvalue weighted by Crippen LogP contribution is 2.30. The second-order valence-corrected chi connectivity index (χ2v) is 9.20. The van der Waals surface area contributed by atoms with Crippen molar-refractivity contribution in [1.29, 1.82) is 0 Å². The van der Waals surface area contributed by atoms with Gasteiger partial charge in [-0.2, -0.15) is 17.5 Å². The number of pyridine rings is 1. The van der Waals surface area contributed by atoms with E-state index >= 15 is 0 Å². The van der Waals surface area contributed by atoms with E-state index in [0.29, 0.717) is 6.42 Å². The fourth-order valence-electron chi connectivity index (χ4n) is 3.54. The van der Waals surface area contributed by atoms with Gasteiger partial charge in [-0.05, 0) is 48.4 Å². The van der Waals surface area contributed by atoms with Crippen molar-refractivity contribution >= 4 is 32.5 Å². The Bertz CT molecular complexity index is 1280. The van der Waals surface area contributed by atoms with Crippen LogP contribution in [0.5, 0.6) is 0 Å². The lowest BCUT2D eigenvalue weighted by Crippen LogP contribution is -2.35. The number of rotatable bonds is 5. The van der Waals surface area contributed by atoms with E-state index in [1.807, 2.05) is 24.4 Å². The number of fused-ring (bicyclic) bond motifs is 1. The van der Waals surface area contributed by atoms with E-state index in [-0.39, 0.29) is 23.5 Å². The van der Waals surface area contributed by atoms with Crippen molar-refractivity contribution in [3.05, 3.63) is 66.0 Å². The first-order valence-corrected chi connectivity index (χ1v) is 11.2. The zero-order valence-electron chi connectivity index (χ0n) is 16.7. The third-order valence-electron chi connectivity index (χ3n) is 5.17. The van der Waals surface area contributed by atoms with Gasteiger partial charge in [0.1, 0.15) is 12.2 Å². The van der Waals surface area contributed by atoms with Gasteiger partial charge in [-0.25, -0.2) is 13.4 Å². The Balaban J connectivity index is 1.47. The largest absolute Gasteiger partial charge is 0.405 e. The van der Waals surface area contributed by atoms with Gasteiger partial charge in [-0.3, -0.25) is 4.79 Å². The van der Waals surface area contributed by atoms with Crippen LogP contribution in [0.15, 0.2) is 59.8 Å². The van der Waals surface area contributed by atoms with Gasteiger partial charge in [0, 0.05) is 42.0 Å². The molecule has 11 heteroatoms. The highest BCUT2D eigenvalue weighted by Gasteiger charge is 2.29. The zero-order chi connectivity index (χ0) is 22.9. The van der Waals surface area contributed by atoms with Crippen LogP contribution in [0.25, 0.3) is 16.6 Å². The van der Waals surface area contributed by atoms with Gasteiger partial charge in [-0.15, -0.1) is 0 Å². The number of aromatic amines is 1. The number of carbonyl (C=O) groups is 1. The third kappa shape index (κ3) is 4.53. The predicted molar refractivity (Wildman–Crippen MR) is 112 cm³/mol. The first-order chi connectivity index (χ1) is 15.1. The fourth-order valence-corrected chi connectivity index (χ4v) is 4.93. The Hall–Kier alpha value is -3.18. The fraction of sp³-hybridized carbons (Fsp3) is 0.238. The second kappa shape index (κ2) is 8.40. The number of amides is 1. The minimum atomic E-state index is -4.53. The minimum Gasteiger partial charge on any atom is -0.346 e. The summed E-state index contributed by atoms with van der Waals surface area (Å²) in [6.45, 7) is -1.01. The minimum absolute atomic E-state index is 0.0296. The Labute approximate surface area is 182 Å². The molecule has 0 radical (unpaired) electrons. The van der Waals surface area contributed by atoms with Gasteiger partial charge in [0.05, 0.1) is 4.90 Å². The first kappa shape index (κ1) is 22.0. The van der Waals surface area contributed by atoms with E-state index in [2.05, 4.69) is 9.97 Å². The van der Waals surface area contributed by atoms with Gasteiger partial charge in [0.15, 0.2) is 0 Å². The number of aromatic nitrogens is 2. The number of nitrogens with zero attached hydrogens (tertiary/aromatic N) is 2. The maximum atomic E-state index is 13.0. The molecule has 2 N–H and O–H groups in total. The zero-order valence-corrected chi connectivity index (χ0v) is 17.5. The number of sulfonamides is 1. The summed E-state index contributed by atoms with van der Waals surface area (Å²) in [4.78, 5) is 19.1. The van der Waals surface area contributed by atoms with Crippen molar-refractivity contribution < 1.29 is 26.4 Å². The van der Waals surface area contributed by atoms with Crippen molar-refractivity contribution in [2.24, 2.45) is 0 Å². The summed E-state index contributed by atoms with van der Waals surface area (Å²) >= 11 is 0. The molecule has 2 aromatic heterocycles. The molecular formula is C21H19F3N4O3S. The van der Waals surface area contributed by atoms with E-state index < -0.39 is 28.7 Å². The Morgan fingerprint density at radius 3 is 2.59 bits per heavy atom. The van der Waals surface area contributed by atoms with Crippen LogP contribution in [0.4, 0.5) is 13.2 Å². The molecule has 1 aliphatic rings. The molecule has 0 spiro atoms. The Morgan fingerprint density at radius 1 is 1.19 bits per heavy atom. The van der Waals surface area contributed by atoms with Crippen LogP contribution >= 0.6 is 0 Å². The molecule has 1 aromatic carbocycles. The van der Waals surface area contributed by atoms with E-state index in [9.17, 15) is 26.4 Å². The summed E-state index contributed by atoms with van der Waals surface area (Å²) in [5.74, 6) is -0.926. The molecule has 0 bridgehead atoms. The highest BCUT2D eigenvalue weighted by atomic mass is 32.2. The molecule has 1 amide bonds. The monoisotopic (exact) mass is 464 g/mol. The number of nitrogens with one attached hydrogen (secondary N) is 2. The molecule has 168 valence electrons. The molecule has 3 heterocycles. The molecule has 3 aromatic rings. The van der Waals surface area contributed by atoms with E-state index in [1.54, 1.807) is 11.5 Å². The SMILES string of the molecule is O=C(NCC(F)(F)F)c1ccc(S(=O)(=O)N2CC=C(c3c[nH]c4ncccc34)CC2)cc1. The van der Waals surface area contributed by atoms with Gasteiger partial charge in [0.25, 0.3) is 5.91 Å². The van der Waals surface area contributed by atoms with Crippen LogP contribution in [0.1, 0.15) is 22.3 Å². The lowest BCUT2D eigenvalue weighted by Gasteiger charge is -2.26. The molecule has 32 heavy (non-hydrogen) atoms. The van der Waals surface area contributed by atoms with E-state index in [0.717, 1.165) is 22.2 Å². The molecule has 0 fully saturated rings. The number of hydrogen-bond acceptors (Lipinski definition) is 4. The van der Waals surface area contributed by atoms with Gasteiger partial charge < -0.3 is 10.3 Å². The van der Waals surface area contributed by atoms with E-state index in [4.69, 9.17) is 0 Å². The number of benzene rings is 1. The summed E-state index contributed by atoms with van der Waals surface area (Å²) in [6, 6.07) is 8.63. The molecule has 0 atom stereocenters. The summed E-state index contributed by atoms with van der Waals surface area (Å²) < 4.78 is 64.0. The van der Waals surface area contributed by atoms with Gasteiger partial charge in [-0.1, -0.05) is 6.08 Å². The third-order valence-corrected chi connectivity index (χ3v) is 7.05. The maximum Gasteiger partial charge on any atom is 0.405 e. The standard InChI is InChI=1S/C21H19F3N4O3S/c22-21(23,24)13-27-20(29)15-3-5-16(6-4-15)32(30,31)28-10-7-14(8-11-28)18-12-26-19-17(18)2-1-9-25-19/h1-7,9,12H,8,10-11,13H2,(H,25,26)(H,27,29). The van der Waals surface area contributed by atoms with E-state index in [1.165, 1.54) is 28.6 Å². The molecule has 0 unspecified atom stereocenters. The lowest BCUT2D eigenvalue weighted by atomic mass is 10.0. The first-order valence-electron chi connectivity index (χ1n) is 9.72. The summed E-state index contributed by atoms with van der Waals surface area (Å²) in [5.41, 5.74) is 2.71. The summed E-state index contributed by atoms with van der Waals surface area (Å²) in [5, 5.41) is 2.72. The molecule has 0 saturated heterocycles. The van der Waals surface area contributed by atoms with Crippen LogP contribution in [-0.2, 0) is 10.0 Å². The highest BCUT2D eigenvalue weighted by molar-refractivity contribution is 7.89. The van der Waals surface area contributed by atoms with Crippen molar-refractivity contribution in [3.63, 3.8) is 0 Å². The Morgan fingerprint density at radius 2 is 1.94 bits per heavy atom. The number of carbonyl (C=O) groups excluding carboxylic acids is 1. The average Bonchev–Trinajstić information content (AvgIpc) is 3.21. The van der Waals surface area contributed by atoms with Crippen molar-refractivity contribution in [2.75, 3.05) is 19.6 Å². The smallest absolute Gasteiger partial charge is 0.346 e. The molecule has 1 aliphatic heterocycles. The molecule has 7 nitrogen and oxygen atoms in total. The predicted octanol–water partition coefficient (Wildman–Crippen LogP) is 3.33.